The maximum absolute atomic E-state index is 14.2. The lowest BCUT2D eigenvalue weighted by Gasteiger charge is -2.31. The van der Waals surface area contributed by atoms with Gasteiger partial charge in [-0.1, -0.05) is 74.5 Å². The molecule has 1 spiro atoms. The first-order valence-electron chi connectivity index (χ1n) is 12.0. The maximum atomic E-state index is 14.2. The highest BCUT2D eigenvalue weighted by Gasteiger charge is 2.71. The van der Waals surface area contributed by atoms with Crippen LogP contribution in [0.25, 0.3) is 0 Å². The minimum absolute atomic E-state index is 0.166. The van der Waals surface area contributed by atoms with Crippen molar-refractivity contribution in [2.45, 2.75) is 45.3 Å². The Morgan fingerprint density at radius 3 is 2.35 bits per heavy atom. The van der Waals surface area contributed by atoms with Crippen LogP contribution in [0.5, 0.6) is 0 Å². The van der Waals surface area contributed by atoms with Crippen LogP contribution in [0.2, 0.25) is 0 Å². The number of nitrogens with one attached hydrogen (secondary N) is 1. The molecule has 5 rings (SSSR count). The fourth-order valence-corrected chi connectivity index (χ4v) is 6.07. The highest BCUT2D eigenvalue weighted by Crippen LogP contribution is 2.55. The van der Waals surface area contributed by atoms with Crippen LogP contribution in [0, 0.1) is 17.8 Å². The van der Waals surface area contributed by atoms with Crippen LogP contribution in [-0.4, -0.2) is 35.2 Å². The van der Waals surface area contributed by atoms with E-state index in [-0.39, 0.29) is 30.3 Å². The number of benzene rings is 2. The van der Waals surface area contributed by atoms with Crippen LogP contribution >= 0.6 is 0 Å². The molecule has 0 radical (unpaired) electrons. The SMILES string of the molecule is C=C(C)CN1C(=O)[C@]2(N[C@H](CC(C)C)[C@H]3C(=O)N(Cc4ccccc4)C(=O)[C@@H]32)c2ccccc21. The number of rotatable bonds is 6. The number of carbonyl (C=O) groups excluding carboxylic acids is 3. The summed E-state index contributed by atoms with van der Waals surface area (Å²) in [4.78, 5) is 44.9. The molecule has 0 aliphatic carbocycles. The summed E-state index contributed by atoms with van der Waals surface area (Å²) in [6.45, 7) is 10.7. The number of nitrogens with zero attached hydrogens (tertiary/aromatic N) is 2. The van der Waals surface area contributed by atoms with Crippen LogP contribution in [0.3, 0.4) is 0 Å². The van der Waals surface area contributed by atoms with Crippen LogP contribution < -0.4 is 10.2 Å². The topological polar surface area (TPSA) is 69.7 Å². The number of amides is 3. The van der Waals surface area contributed by atoms with Crippen LogP contribution in [-0.2, 0) is 26.5 Å². The van der Waals surface area contributed by atoms with E-state index in [0.29, 0.717) is 18.9 Å². The molecular formula is C28H31N3O3. The fourth-order valence-electron chi connectivity index (χ4n) is 6.07. The summed E-state index contributed by atoms with van der Waals surface area (Å²) in [6, 6.07) is 16.9. The Bertz CT molecular complexity index is 1170. The highest BCUT2D eigenvalue weighted by atomic mass is 16.2. The quantitative estimate of drug-likeness (QED) is 0.531. The molecule has 3 aliphatic heterocycles. The number of imide groups is 1. The number of para-hydroxylation sites is 1. The van der Waals surface area contributed by atoms with Gasteiger partial charge < -0.3 is 4.90 Å². The van der Waals surface area contributed by atoms with Crippen molar-refractivity contribution in [3.63, 3.8) is 0 Å². The summed E-state index contributed by atoms with van der Waals surface area (Å²) >= 11 is 0. The van der Waals surface area contributed by atoms with Crippen LogP contribution in [0.15, 0.2) is 66.7 Å². The Morgan fingerprint density at radius 2 is 1.68 bits per heavy atom. The number of carbonyl (C=O) groups is 3. The smallest absolute Gasteiger partial charge is 0.253 e. The zero-order valence-electron chi connectivity index (χ0n) is 20.0. The van der Waals surface area contributed by atoms with Gasteiger partial charge in [-0.25, -0.2) is 0 Å². The Kier molecular flexibility index (Phi) is 5.44. The van der Waals surface area contributed by atoms with Gasteiger partial charge in [-0.2, -0.15) is 0 Å². The summed E-state index contributed by atoms with van der Waals surface area (Å²) in [5.74, 6) is -1.65. The first-order chi connectivity index (χ1) is 16.3. The second-order valence-corrected chi connectivity index (χ2v) is 10.3. The van der Waals surface area contributed by atoms with Crippen molar-refractivity contribution < 1.29 is 14.4 Å². The van der Waals surface area contributed by atoms with Gasteiger partial charge in [0.2, 0.25) is 11.8 Å². The summed E-state index contributed by atoms with van der Waals surface area (Å²) in [5, 5.41) is 3.56. The third-order valence-electron chi connectivity index (χ3n) is 7.29. The number of likely N-dealkylation sites (tertiary alicyclic amines) is 1. The lowest BCUT2D eigenvalue weighted by atomic mass is 9.76. The third kappa shape index (κ3) is 3.23. The molecule has 3 aliphatic rings. The van der Waals surface area contributed by atoms with E-state index < -0.39 is 17.4 Å². The standard InChI is InChI=1S/C28H31N3O3/c1-17(2)14-21-23-24(26(33)31(25(23)32)16-19-10-6-5-7-11-19)28(29-21)20-12-8-9-13-22(20)30(27(28)34)15-18(3)4/h5-13,17,21,23-24,29H,3,14-16H2,1-2,4H3/t21-,23-,24-,28+/m1/s1. The van der Waals surface area contributed by atoms with Gasteiger partial charge in [0.15, 0.2) is 0 Å². The maximum Gasteiger partial charge on any atom is 0.253 e. The van der Waals surface area contributed by atoms with Gasteiger partial charge in [-0.15, -0.1) is 0 Å². The third-order valence-corrected chi connectivity index (χ3v) is 7.29. The van der Waals surface area contributed by atoms with Crippen molar-refractivity contribution >= 4 is 23.4 Å². The average Bonchev–Trinajstić information content (AvgIpc) is 3.34. The monoisotopic (exact) mass is 457 g/mol. The molecule has 2 fully saturated rings. The van der Waals surface area contributed by atoms with Gasteiger partial charge in [-0.05, 0) is 30.9 Å². The molecule has 2 aromatic rings. The summed E-state index contributed by atoms with van der Waals surface area (Å²) in [7, 11) is 0. The van der Waals surface area contributed by atoms with Crippen molar-refractivity contribution in [3.05, 3.63) is 77.9 Å². The summed E-state index contributed by atoms with van der Waals surface area (Å²) in [6.07, 6.45) is 0.705. The van der Waals surface area contributed by atoms with E-state index in [2.05, 4.69) is 25.7 Å². The molecule has 0 saturated carbocycles. The average molecular weight is 458 g/mol. The van der Waals surface area contributed by atoms with Gasteiger partial charge >= 0.3 is 0 Å². The van der Waals surface area contributed by atoms with Crippen molar-refractivity contribution in [3.8, 4) is 0 Å². The molecule has 2 aromatic carbocycles. The number of hydrogen-bond acceptors (Lipinski definition) is 4. The number of hydrogen-bond donors (Lipinski definition) is 1. The number of anilines is 1. The first kappa shape index (κ1) is 22.5. The molecule has 0 unspecified atom stereocenters. The minimum atomic E-state index is -1.24. The minimum Gasteiger partial charge on any atom is -0.306 e. The van der Waals surface area contributed by atoms with E-state index in [1.807, 2.05) is 61.5 Å². The van der Waals surface area contributed by atoms with Crippen molar-refractivity contribution in [1.29, 1.82) is 0 Å². The summed E-state index contributed by atoms with van der Waals surface area (Å²) < 4.78 is 0. The largest absolute Gasteiger partial charge is 0.306 e. The molecule has 3 heterocycles. The number of fused-ring (bicyclic) bond motifs is 4. The predicted molar refractivity (Wildman–Crippen MR) is 131 cm³/mol. The molecule has 4 atom stereocenters. The Hall–Kier alpha value is -3.25. The van der Waals surface area contributed by atoms with Crippen molar-refractivity contribution in [2.24, 2.45) is 17.8 Å². The molecule has 1 N–H and O–H groups in total. The van der Waals surface area contributed by atoms with Gasteiger partial charge in [0, 0.05) is 23.8 Å². The van der Waals surface area contributed by atoms with Crippen LogP contribution in [0.1, 0.15) is 38.3 Å². The second kappa shape index (κ2) is 8.20. The van der Waals surface area contributed by atoms with Crippen molar-refractivity contribution in [2.75, 3.05) is 11.4 Å². The molecule has 6 nitrogen and oxygen atoms in total. The lowest BCUT2D eigenvalue weighted by Crippen LogP contribution is -2.55. The van der Waals surface area contributed by atoms with E-state index in [9.17, 15) is 14.4 Å². The van der Waals surface area contributed by atoms with Crippen LogP contribution in [0.4, 0.5) is 5.69 Å². The predicted octanol–water partition coefficient (Wildman–Crippen LogP) is 3.62. The van der Waals surface area contributed by atoms with Gasteiger partial charge in [0.1, 0.15) is 5.54 Å². The highest BCUT2D eigenvalue weighted by molar-refractivity contribution is 6.16. The second-order valence-electron chi connectivity index (χ2n) is 10.3. The normalized spacial score (nSPS) is 27.8. The Balaban J connectivity index is 1.62. The van der Waals surface area contributed by atoms with E-state index in [1.54, 1.807) is 4.90 Å². The molecule has 3 amide bonds. The van der Waals surface area contributed by atoms with E-state index in [4.69, 9.17) is 0 Å². The van der Waals surface area contributed by atoms with Crippen molar-refractivity contribution in [1.82, 2.24) is 10.2 Å². The van der Waals surface area contributed by atoms with E-state index in [0.717, 1.165) is 22.4 Å². The molecule has 0 aromatic heterocycles. The zero-order valence-corrected chi connectivity index (χ0v) is 20.0. The lowest BCUT2D eigenvalue weighted by molar-refractivity contribution is -0.143. The molecule has 0 bridgehead atoms. The van der Waals surface area contributed by atoms with Gasteiger partial charge in [-0.3, -0.25) is 24.6 Å². The Morgan fingerprint density at radius 1 is 1.00 bits per heavy atom. The molecule has 176 valence electrons. The molecule has 6 heteroatoms. The van der Waals surface area contributed by atoms with E-state index in [1.165, 1.54) is 4.90 Å². The summed E-state index contributed by atoms with van der Waals surface area (Å²) in [5.41, 5.74) is 2.08. The fraction of sp³-hybridized carbons (Fsp3) is 0.393. The van der Waals surface area contributed by atoms with Gasteiger partial charge in [0.25, 0.3) is 5.91 Å². The molecular weight excluding hydrogens is 426 g/mol. The zero-order chi connectivity index (χ0) is 24.2. The molecule has 2 saturated heterocycles. The van der Waals surface area contributed by atoms with E-state index >= 15 is 0 Å². The first-order valence-corrected chi connectivity index (χ1v) is 12.0. The Labute approximate surface area is 200 Å². The molecule has 34 heavy (non-hydrogen) atoms. The van der Waals surface area contributed by atoms with Gasteiger partial charge in [0.05, 0.1) is 18.4 Å².